The largest absolute Gasteiger partial charge is 0.495 e. The maximum atomic E-state index is 6.12. The molecule has 18 heavy (non-hydrogen) atoms. The predicted molar refractivity (Wildman–Crippen MR) is 69.2 cm³/mol. The van der Waals surface area contributed by atoms with Crippen molar-refractivity contribution in [1.29, 1.82) is 0 Å². The average molecular weight is 265 g/mol. The number of pyridine rings is 2. The lowest BCUT2D eigenvalue weighted by Crippen LogP contribution is -2.30. The molecule has 0 aliphatic rings. The molecule has 1 unspecified atom stereocenters. The van der Waals surface area contributed by atoms with E-state index in [0.29, 0.717) is 16.5 Å². The number of nitrogens with two attached hydrogens (primary N) is 1. The Labute approximate surface area is 110 Å². The molecule has 2 aromatic rings. The normalized spacial score (nSPS) is 12.2. The number of hydrogen-bond donors (Lipinski definition) is 2. The average Bonchev–Trinajstić information content (AvgIpc) is 2.42. The van der Waals surface area contributed by atoms with Crippen molar-refractivity contribution in [2.45, 2.75) is 6.04 Å². The van der Waals surface area contributed by atoms with E-state index in [9.17, 15) is 0 Å². The molecular formula is C12H13ClN4O. The van der Waals surface area contributed by atoms with Crippen molar-refractivity contribution in [3.05, 3.63) is 53.1 Å². The van der Waals surface area contributed by atoms with Gasteiger partial charge in [0, 0.05) is 18.6 Å². The highest BCUT2D eigenvalue weighted by atomic mass is 35.5. The third-order valence-corrected chi connectivity index (χ3v) is 2.89. The molecule has 94 valence electrons. The van der Waals surface area contributed by atoms with Gasteiger partial charge in [0.1, 0.15) is 11.4 Å². The highest BCUT2D eigenvalue weighted by molar-refractivity contribution is 6.31. The summed E-state index contributed by atoms with van der Waals surface area (Å²) >= 11 is 6.12. The van der Waals surface area contributed by atoms with Gasteiger partial charge in [0.2, 0.25) is 0 Å². The first kappa shape index (κ1) is 12.8. The summed E-state index contributed by atoms with van der Waals surface area (Å²) in [7, 11) is 1.59. The van der Waals surface area contributed by atoms with Gasteiger partial charge in [-0.1, -0.05) is 11.6 Å². The van der Waals surface area contributed by atoms with E-state index in [2.05, 4.69) is 15.4 Å². The second-order valence-electron chi connectivity index (χ2n) is 3.59. The standard InChI is InChI=1S/C12H13ClN4O/c1-18-10-3-2-5-16-12(10)11(17-14)8-4-6-15-7-9(8)13/h2-7,11,17H,14H2,1H3. The Morgan fingerprint density at radius 1 is 1.39 bits per heavy atom. The fourth-order valence-corrected chi connectivity index (χ4v) is 1.96. The summed E-state index contributed by atoms with van der Waals surface area (Å²) in [4.78, 5) is 8.24. The second-order valence-corrected chi connectivity index (χ2v) is 3.99. The van der Waals surface area contributed by atoms with E-state index in [1.807, 2.05) is 6.07 Å². The lowest BCUT2D eigenvalue weighted by atomic mass is 10.0. The SMILES string of the molecule is COc1cccnc1C(NN)c1ccncc1Cl. The number of methoxy groups -OCH3 is 1. The van der Waals surface area contributed by atoms with Gasteiger partial charge in [0.25, 0.3) is 0 Å². The number of nitrogens with zero attached hydrogens (tertiary/aromatic N) is 2. The molecule has 0 fully saturated rings. The Morgan fingerprint density at radius 3 is 2.89 bits per heavy atom. The molecule has 2 aromatic heterocycles. The number of ether oxygens (including phenoxy) is 1. The molecule has 5 nitrogen and oxygen atoms in total. The van der Waals surface area contributed by atoms with Gasteiger partial charge in [0.15, 0.2) is 0 Å². The third-order valence-electron chi connectivity index (χ3n) is 2.57. The van der Waals surface area contributed by atoms with Gasteiger partial charge in [0.05, 0.1) is 18.2 Å². The van der Waals surface area contributed by atoms with E-state index in [4.69, 9.17) is 22.2 Å². The van der Waals surface area contributed by atoms with E-state index in [-0.39, 0.29) is 6.04 Å². The minimum Gasteiger partial charge on any atom is -0.495 e. The Balaban J connectivity index is 2.49. The molecular weight excluding hydrogens is 252 g/mol. The first-order chi connectivity index (χ1) is 8.77. The Kier molecular flexibility index (Phi) is 4.09. The van der Waals surface area contributed by atoms with Crippen molar-refractivity contribution in [2.24, 2.45) is 5.84 Å². The van der Waals surface area contributed by atoms with Gasteiger partial charge in [-0.2, -0.15) is 0 Å². The molecule has 0 saturated heterocycles. The van der Waals surface area contributed by atoms with Crippen LogP contribution >= 0.6 is 11.6 Å². The van der Waals surface area contributed by atoms with Crippen LogP contribution in [-0.2, 0) is 0 Å². The number of hydrogen-bond acceptors (Lipinski definition) is 5. The van der Waals surface area contributed by atoms with Crippen LogP contribution in [-0.4, -0.2) is 17.1 Å². The van der Waals surface area contributed by atoms with Crippen LogP contribution in [0.2, 0.25) is 5.02 Å². The van der Waals surface area contributed by atoms with Gasteiger partial charge >= 0.3 is 0 Å². The smallest absolute Gasteiger partial charge is 0.142 e. The Bertz CT molecular complexity index is 535. The summed E-state index contributed by atoms with van der Waals surface area (Å²) in [6, 6.07) is 5.06. The number of hydrazine groups is 1. The summed E-state index contributed by atoms with van der Waals surface area (Å²) < 4.78 is 5.27. The van der Waals surface area contributed by atoms with Crippen molar-refractivity contribution < 1.29 is 4.74 Å². The molecule has 0 amide bonds. The second kappa shape index (κ2) is 5.77. The molecule has 2 rings (SSSR count). The molecule has 1 atom stereocenters. The van der Waals surface area contributed by atoms with Crippen LogP contribution in [0.4, 0.5) is 0 Å². The molecule has 0 saturated carbocycles. The van der Waals surface area contributed by atoms with Crippen LogP contribution in [0.3, 0.4) is 0 Å². The van der Waals surface area contributed by atoms with Crippen molar-refractivity contribution >= 4 is 11.6 Å². The van der Waals surface area contributed by atoms with E-state index in [1.165, 1.54) is 0 Å². The van der Waals surface area contributed by atoms with Crippen LogP contribution in [0.5, 0.6) is 5.75 Å². The molecule has 0 radical (unpaired) electrons. The molecule has 6 heteroatoms. The number of rotatable bonds is 4. The number of halogens is 1. The van der Waals surface area contributed by atoms with Gasteiger partial charge in [-0.05, 0) is 23.8 Å². The summed E-state index contributed by atoms with van der Waals surface area (Å²) in [5, 5.41) is 0.521. The van der Waals surface area contributed by atoms with Crippen LogP contribution in [0, 0.1) is 0 Å². The molecule has 2 heterocycles. The zero-order chi connectivity index (χ0) is 13.0. The maximum Gasteiger partial charge on any atom is 0.142 e. The summed E-state index contributed by atoms with van der Waals surface area (Å²) in [5.41, 5.74) is 4.17. The van der Waals surface area contributed by atoms with Crippen molar-refractivity contribution in [3.63, 3.8) is 0 Å². The molecule has 0 aliphatic heterocycles. The quantitative estimate of drug-likeness (QED) is 0.649. The van der Waals surface area contributed by atoms with Gasteiger partial charge in [-0.15, -0.1) is 0 Å². The first-order valence-corrected chi connectivity index (χ1v) is 5.70. The van der Waals surface area contributed by atoms with Crippen molar-refractivity contribution in [3.8, 4) is 5.75 Å². The Morgan fingerprint density at radius 2 is 2.22 bits per heavy atom. The summed E-state index contributed by atoms with van der Waals surface area (Å²) in [6.45, 7) is 0. The van der Waals surface area contributed by atoms with Crippen LogP contribution < -0.4 is 16.0 Å². The molecule has 0 aliphatic carbocycles. The molecule has 0 aromatic carbocycles. The fourth-order valence-electron chi connectivity index (χ4n) is 1.73. The molecule has 3 N–H and O–H groups in total. The Hall–Kier alpha value is -1.69. The number of nitrogens with one attached hydrogen (secondary N) is 1. The molecule has 0 bridgehead atoms. The van der Waals surface area contributed by atoms with Crippen LogP contribution in [0.15, 0.2) is 36.8 Å². The van der Waals surface area contributed by atoms with E-state index in [0.717, 1.165) is 5.56 Å². The topological polar surface area (TPSA) is 73.1 Å². The van der Waals surface area contributed by atoms with Crippen molar-refractivity contribution in [1.82, 2.24) is 15.4 Å². The highest BCUT2D eigenvalue weighted by Gasteiger charge is 2.20. The van der Waals surface area contributed by atoms with Crippen LogP contribution in [0.1, 0.15) is 17.3 Å². The predicted octanol–water partition coefficient (Wildman–Crippen LogP) is 1.69. The monoisotopic (exact) mass is 264 g/mol. The van der Waals surface area contributed by atoms with E-state index in [1.54, 1.807) is 37.8 Å². The maximum absolute atomic E-state index is 6.12. The van der Waals surface area contributed by atoms with Gasteiger partial charge in [-0.3, -0.25) is 15.8 Å². The fraction of sp³-hybridized carbons (Fsp3) is 0.167. The van der Waals surface area contributed by atoms with Crippen LogP contribution in [0.25, 0.3) is 0 Å². The minimum absolute atomic E-state index is 0.350. The lowest BCUT2D eigenvalue weighted by molar-refractivity contribution is 0.400. The van der Waals surface area contributed by atoms with Crippen molar-refractivity contribution in [2.75, 3.05) is 7.11 Å². The van der Waals surface area contributed by atoms with E-state index < -0.39 is 0 Å². The van der Waals surface area contributed by atoms with Gasteiger partial charge in [-0.25, -0.2) is 5.43 Å². The summed E-state index contributed by atoms with van der Waals surface area (Å²) in [6.07, 6.45) is 4.90. The third kappa shape index (κ3) is 2.43. The zero-order valence-electron chi connectivity index (χ0n) is 9.80. The summed E-state index contributed by atoms with van der Waals surface area (Å²) in [5.74, 6) is 6.25. The number of aromatic nitrogens is 2. The lowest BCUT2D eigenvalue weighted by Gasteiger charge is -2.18. The highest BCUT2D eigenvalue weighted by Crippen LogP contribution is 2.30. The van der Waals surface area contributed by atoms with E-state index >= 15 is 0 Å². The first-order valence-electron chi connectivity index (χ1n) is 5.32. The molecule has 0 spiro atoms. The van der Waals surface area contributed by atoms with Gasteiger partial charge < -0.3 is 4.74 Å². The zero-order valence-corrected chi connectivity index (χ0v) is 10.6. The minimum atomic E-state index is -0.350.